The molecule has 1 amide bonds. The number of hydrogen-bond donors (Lipinski definition) is 3. The van der Waals surface area contributed by atoms with Crippen LogP contribution in [0.15, 0.2) is 30.3 Å². The van der Waals surface area contributed by atoms with Crippen molar-refractivity contribution in [3.8, 4) is 0 Å². The summed E-state index contributed by atoms with van der Waals surface area (Å²) in [6, 6.07) is 9.87. The summed E-state index contributed by atoms with van der Waals surface area (Å²) in [6.45, 7) is 2.29. The Morgan fingerprint density at radius 2 is 2.00 bits per heavy atom. The van der Waals surface area contributed by atoms with Gasteiger partial charge in [-0.1, -0.05) is 30.3 Å². The van der Waals surface area contributed by atoms with Gasteiger partial charge < -0.3 is 20.3 Å². The maximum absolute atomic E-state index is 11.1. The van der Waals surface area contributed by atoms with Crippen LogP contribution in [0.5, 0.6) is 0 Å². The number of nitrogens with one attached hydrogen (secondary N) is 1. The molecule has 128 valence electrons. The molecule has 0 aliphatic carbocycles. The fraction of sp³-hybridized carbons (Fsp3) is 0.588. The van der Waals surface area contributed by atoms with E-state index in [0.29, 0.717) is 6.54 Å². The predicted molar refractivity (Wildman–Crippen MR) is 87.0 cm³/mol. The van der Waals surface area contributed by atoms with E-state index in [1.807, 2.05) is 30.1 Å². The van der Waals surface area contributed by atoms with Crippen LogP contribution in [0.25, 0.3) is 0 Å². The van der Waals surface area contributed by atoms with E-state index in [9.17, 15) is 15.0 Å². The van der Waals surface area contributed by atoms with Gasteiger partial charge in [0.2, 0.25) is 5.91 Å². The molecule has 0 radical (unpaired) electrons. The maximum atomic E-state index is 11.1. The Hall–Kier alpha value is -1.47. The Labute approximate surface area is 137 Å². The Bertz CT molecular complexity index is 497. The standard InChI is InChI=1S/C17H26N2O4/c1-12(21)18-10-14-16(17(22)15(11-20)23-14)19(2)9-8-13-6-4-3-5-7-13/h3-7,14-17,20,22H,8-11H2,1-2H3,(H,18,21)/t14-,15+,16+,17-/m1/s1. The van der Waals surface area contributed by atoms with Gasteiger partial charge in [0.1, 0.15) is 12.2 Å². The lowest BCUT2D eigenvalue weighted by molar-refractivity contribution is -0.119. The molecule has 6 nitrogen and oxygen atoms in total. The molecule has 6 heteroatoms. The van der Waals surface area contributed by atoms with Crippen molar-refractivity contribution in [3.63, 3.8) is 0 Å². The lowest BCUT2D eigenvalue weighted by Gasteiger charge is -2.30. The van der Waals surface area contributed by atoms with E-state index in [-0.39, 0.29) is 24.7 Å². The first-order chi connectivity index (χ1) is 11.0. The van der Waals surface area contributed by atoms with Gasteiger partial charge in [-0.15, -0.1) is 0 Å². The minimum absolute atomic E-state index is 0.138. The van der Waals surface area contributed by atoms with E-state index in [0.717, 1.165) is 13.0 Å². The summed E-state index contributed by atoms with van der Waals surface area (Å²) in [4.78, 5) is 13.2. The first kappa shape index (κ1) is 17.9. The summed E-state index contributed by atoms with van der Waals surface area (Å²) in [5.41, 5.74) is 1.23. The normalized spacial score (nSPS) is 27.3. The molecule has 0 saturated carbocycles. The van der Waals surface area contributed by atoms with Gasteiger partial charge in [-0.2, -0.15) is 0 Å². The van der Waals surface area contributed by atoms with E-state index in [1.54, 1.807) is 0 Å². The molecule has 1 aromatic carbocycles. The van der Waals surface area contributed by atoms with Crippen molar-refractivity contribution in [1.82, 2.24) is 10.2 Å². The Morgan fingerprint density at radius 3 is 2.61 bits per heavy atom. The number of likely N-dealkylation sites (N-methyl/N-ethyl adjacent to an activating group) is 1. The zero-order valence-corrected chi connectivity index (χ0v) is 13.7. The molecule has 23 heavy (non-hydrogen) atoms. The number of aliphatic hydroxyl groups is 2. The number of hydrogen-bond acceptors (Lipinski definition) is 5. The number of carbonyl (C=O) groups excluding carboxylic acids is 1. The second-order valence-electron chi connectivity index (χ2n) is 6.03. The van der Waals surface area contributed by atoms with Crippen molar-refractivity contribution in [3.05, 3.63) is 35.9 Å². The molecule has 0 aromatic heterocycles. The van der Waals surface area contributed by atoms with Crippen LogP contribution in [0.3, 0.4) is 0 Å². The molecule has 0 spiro atoms. The smallest absolute Gasteiger partial charge is 0.216 e. The van der Waals surface area contributed by atoms with E-state index in [1.165, 1.54) is 12.5 Å². The molecule has 2 rings (SSSR count). The average Bonchev–Trinajstić information content (AvgIpc) is 2.87. The second kappa shape index (κ2) is 8.40. The van der Waals surface area contributed by atoms with Gasteiger partial charge in [-0.3, -0.25) is 9.69 Å². The first-order valence-electron chi connectivity index (χ1n) is 7.96. The van der Waals surface area contributed by atoms with Crippen LogP contribution in [0.1, 0.15) is 12.5 Å². The quantitative estimate of drug-likeness (QED) is 0.647. The predicted octanol–water partition coefficient (Wildman–Crippen LogP) is -0.214. The van der Waals surface area contributed by atoms with E-state index < -0.39 is 12.2 Å². The number of rotatable bonds is 7. The molecule has 1 aliphatic heterocycles. The van der Waals surface area contributed by atoms with Crippen molar-refractivity contribution in [2.75, 3.05) is 26.7 Å². The lowest BCUT2D eigenvalue weighted by atomic mass is 10.0. The van der Waals surface area contributed by atoms with Gasteiger partial charge in [-0.25, -0.2) is 0 Å². The van der Waals surface area contributed by atoms with Crippen molar-refractivity contribution in [2.24, 2.45) is 0 Å². The fourth-order valence-corrected chi connectivity index (χ4v) is 3.03. The Balaban J connectivity index is 1.98. The number of amides is 1. The molecular weight excluding hydrogens is 296 g/mol. The van der Waals surface area contributed by atoms with E-state index in [4.69, 9.17) is 4.74 Å². The van der Waals surface area contributed by atoms with Crippen LogP contribution in [0.2, 0.25) is 0 Å². The molecule has 1 aliphatic rings. The third-order valence-electron chi connectivity index (χ3n) is 4.30. The van der Waals surface area contributed by atoms with Crippen LogP contribution in [0, 0.1) is 0 Å². The minimum Gasteiger partial charge on any atom is -0.394 e. The van der Waals surface area contributed by atoms with Crippen molar-refractivity contribution >= 4 is 5.91 Å². The largest absolute Gasteiger partial charge is 0.394 e. The van der Waals surface area contributed by atoms with Crippen LogP contribution in [-0.4, -0.2) is 72.1 Å². The monoisotopic (exact) mass is 322 g/mol. The summed E-state index contributed by atoms with van der Waals surface area (Å²) in [6.07, 6.45) is -0.874. The molecule has 1 aromatic rings. The molecule has 1 heterocycles. The number of carbonyl (C=O) groups is 1. The minimum atomic E-state index is -0.778. The lowest BCUT2D eigenvalue weighted by Crippen LogP contribution is -2.50. The van der Waals surface area contributed by atoms with Crippen molar-refractivity contribution < 1.29 is 19.7 Å². The SMILES string of the molecule is CC(=O)NC[C@H]1O[C@@H](CO)[C@@H](O)[C@H]1N(C)CCc1ccccc1. The summed E-state index contributed by atoms with van der Waals surface area (Å²) in [5, 5.41) is 22.5. The highest BCUT2D eigenvalue weighted by Gasteiger charge is 2.45. The average molecular weight is 322 g/mol. The third kappa shape index (κ3) is 4.75. The van der Waals surface area contributed by atoms with Crippen LogP contribution in [0.4, 0.5) is 0 Å². The maximum Gasteiger partial charge on any atom is 0.216 e. The topological polar surface area (TPSA) is 82.0 Å². The molecular formula is C17H26N2O4. The summed E-state index contributed by atoms with van der Waals surface area (Å²) in [5.74, 6) is -0.138. The third-order valence-corrected chi connectivity index (χ3v) is 4.30. The molecule has 0 unspecified atom stereocenters. The molecule has 1 fully saturated rings. The zero-order chi connectivity index (χ0) is 16.8. The van der Waals surface area contributed by atoms with Gasteiger partial charge in [0.25, 0.3) is 0 Å². The number of ether oxygens (including phenoxy) is 1. The number of nitrogens with zero attached hydrogens (tertiary/aromatic N) is 1. The molecule has 0 bridgehead atoms. The highest BCUT2D eigenvalue weighted by atomic mass is 16.5. The van der Waals surface area contributed by atoms with Crippen LogP contribution in [-0.2, 0) is 16.0 Å². The highest BCUT2D eigenvalue weighted by Crippen LogP contribution is 2.25. The van der Waals surface area contributed by atoms with Gasteiger partial charge >= 0.3 is 0 Å². The van der Waals surface area contributed by atoms with Crippen molar-refractivity contribution in [1.29, 1.82) is 0 Å². The number of benzene rings is 1. The molecule has 1 saturated heterocycles. The van der Waals surface area contributed by atoms with Crippen LogP contribution >= 0.6 is 0 Å². The fourth-order valence-electron chi connectivity index (χ4n) is 3.03. The Morgan fingerprint density at radius 1 is 1.30 bits per heavy atom. The van der Waals surface area contributed by atoms with Gasteiger partial charge in [0, 0.05) is 20.0 Å². The van der Waals surface area contributed by atoms with Crippen molar-refractivity contribution in [2.45, 2.75) is 37.7 Å². The zero-order valence-electron chi connectivity index (χ0n) is 13.7. The summed E-state index contributed by atoms with van der Waals surface area (Å²) < 4.78 is 5.70. The number of aliphatic hydroxyl groups excluding tert-OH is 2. The van der Waals surface area contributed by atoms with E-state index >= 15 is 0 Å². The summed E-state index contributed by atoms with van der Waals surface area (Å²) in [7, 11) is 1.93. The summed E-state index contributed by atoms with van der Waals surface area (Å²) >= 11 is 0. The Kier molecular flexibility index (Phi) is 6.53. The van der Waals surface area contributed by atoms with E-state index in [2.05, 4.69) is 17.4 Å². The van der Waals surface area contributed by atoms with Gasteiger partial charge in [-0.05, 0) is 19.0 Å². The second-order valence-corrected chi connectivity index (χ2v) is 6.03. The van der Waals surface area contributed by atoms with Crippen LogP contribution < -0.4 is 5.32 Å². The molecule has 4 atom stereocenters. The first-order valence-corrected chi connectivity index (χ1v) is 7.96. The highest BCUT2D eigenvalue weighted by molar-refractivity contribution is 5.72. The molecule has 3 N–H and O–H groups in total. The van der Waals surface area contributed by atoms with Gasteiger partial charge in [0.05, 0.1) is 18.8 Å². The van der Waals surface area contributed by atoms with Gasteiger partial charge in [0.15, 0.2) is 0 Å².